The molecule has 0 saturated carbocycles. The van der Waals surface area contributed by atoms with Crippen LogP contribution >= 0.6 is 11.6 Å². The first-order chi connectivity index (χ1) is 15.2. The van der Waals surface area contributed by atoms with E-state index in [1.807, 2.05) is 45.0 Å². The molecular weight excluding hydrogens is 444 g/mol. The number of nitrogens with one attached hydrogen (secondary N) is 1. The van der Waals surface area contributed by atoms with Gasteiger partial charge in [-0.15, -0.1) is 0 Å². The van der Waals surface area contributed by atoms with Crippen molar-refractivity contribution in [2.45, 2.75) is 38.1 Å². The van der Waals surface area contributed by atoms with Gasteiger partial charge < -0.3 is 5.32 Å². The van der Waals surface area contributed by atoms with Crippen molar-refractivity contribution in [3.8, 4) is 0 Å². The maximum absolute atomic E-state index is 13.5. The van der Waals surface area contributed by atoms with Crippen LogP contribution in [0.4, 0.5) is 5.69 Å². The molecule has 3 aromatic carbocycles. The van der Waals surface area contributed by atoms with E-state index in [2.05, 4.69) is 5.32 Å². The van der Waals surface area contributed by atoms with Crippen molar-refractivity contribution >= 4 is 33.2 Å². The molecular formula is C25H27ClN2O3S. The lowest BCUT2D eigenvalue weighted by molar-refractivity contribution is -0.120. The number of rotatable bonds is 8. The molecule has 1 atom stereocenters. The summed E-state index contributed by atoms with van der Waals surface area (Å²) in [5.41, 5.74) is 3.30. The summed E-state index contributed by atoms with van der Waals surface area (Å²) in [7, 11) is -4.01. The normalized spacial score (nSPS) is 12.2. The molecule has 5 nitrogen and oxygen atoms in total. The maximum atomic E-state index is 13.5. The van der Waals surface area contributed by atoms with Gasteiger partial charge in [0.15, 0.2) is 0 Å². The third-order valence-corrected chi connectivity index (χ3v) is 7.33. The maximum Gasteiger partial charge on any atom is 0.264 e. The lowest BCUT2D eigenvalue weighted by atomic mass is 10.0. The second-order valence-corrected chi connectivity index (χ2v) is 9.98. The Balaban J connectivity index is 1.92. The number of anilines is 1. The van der Waals surface area contributed by atoms with Gasteiger partial charge in [0, 0.05) is 0 Å². The first kappa shape index (κ1) is 23.8. The lowest BCUT2D eigenvalue weighted by Crippen LogP contribution is -2.42. The quantitative estimate of drug-likeness (QED) is 0.478. The van der Waals surface area contributed by atoms with Crippen LogP contribution in [0.3, 0.4) is 0 Å². The van der Waals surface area contributed by atoms with Crippen molar-refractivity contribution in [2.24, 2.45) is 0 Å². The molecule has 0 aliphatic heterocycles. The topological polar surface area (TPSA) is 66.5 Å². The Morgan fingerprint density at radius 2 is 1.50 bits per heavy atom. The molecule has 32 heavy (non-hydrogen) atoms. The number of amides is 1. The zero-order valence-electron chi connectivity index (χ0n) is 18.4. The average Bonchev–Trinajstić information content (AvgIpc) is 2.77. The SMILES string of the molecule is CCC(NC(=O)CN(c1ccccc1Cl)S(=O)(=O)c1ccc(C)cc1)c1ccc(C)cc1. The summed E-state index contributed by atoms with van der Waals surface area (Å²) in [4.78, 5) is 13.1. The van der Waals surface area contributed by atoms with Gasteiger partial charge in [-0.1, -0.05) is 78.2 Å². The van der Waals surface area contributed by atoms with E-state index in [1.165, 1.54) is 12.1 Å². The van der Waals surface area contributed by atoms with E-state index in [9.17, 15) is 13.2 Å². The molecule has 3 rings (SSSR count). The van der Waals surface area contributed by atoms with E-state index < -0.39 is 15.9 Å². The first-order valence-electron chi connectivity index (χ1n) is 10.4. The molecule has 0 aliphatic rings. The van der Waals surface area contributed by atoms with E-state index in [0.29, 0.717) is 6.42 Å². The number of hydrogen-bond donors (Lipinski definition) is 1. The van der Waals surface area contributed by atoms with Crippen molar-refractivity contribution in [1.82, 2.24) is 5.32 Å². The molecule has 0 aliphatic carbocycles. The van der Waals surface area contributed by atoms with E-state index in [0.717, 1.165) is 21.0 Å². The Kier molecular flexibility index (Phi) is 7.59. The van der Waals surface area contributed by atoms with E-state index in [-0.39, 0.29) is 28.2 Å². The zero-order chi connectivity index (χ0) is 23.3. The number of halogens is 1. The van der Waals surface area contributed by atoms with Gasteiger partial charge >= 0.3 is 0 Å². The average molecular weight is 471 g/mol. The fourth-order valence-electron chi connectivity index (χ4n) is 3.38. The molecule has 0 spiro atoms. The number of hydrogen-bond acceptors (Lipinski definition) is 3. The lowest BCUT2D eigenvalue weighted by Gasteiger charge is -2.26. The highest BCUT2D eigenvalue weighted by Gasteiger charge is 2.29. The molecule has 1 N–H and O–H groups in total. The minimum Gasteiger partial charge on any atom is -0.348 e. The summed E-state index contributed by atoms with van der Waals surface area (Å²) < 4.78 is 28.0. The molecule has 1 amide bonds. The predicted molar refractivity (Wildman–Crippen MR) is 130 cm³/mol. The molecule has 0 radical (unpaired) electrons. The van der Waals surface area contributed by atoms with Gasteiger partial charge in [-0.3, -0.25) is 9.10 Å². The highest BCUT2D eigenvalue weighted by Crippen LogP contribution is 2.30. The Morgan fingerprint density at radius 1 is 0.938 bits per heavy atom. The van der Waals surface area contributed by atoms with Gasteiger partial charge in [0.05, 0.1) is 21.6 Å². The van der Waals surface area contributed by atoms with Crippen LogP contribution in [-0.2, 0) is 14.8 Å². The summed E-state index contributed by atoms with van der Waals surface area (Å²) >= 11 is 6.33. The molecule has 0 heterocycles. The molecule has 1 unspecified atom stereocenters. The van der Waals surface area contributed by atoms with Gasteiger partial charge in [-0.05, 0) is 50.1 Å². The highest BCUT2D eigenvalue weighted by atomic mass is 35.5. The largest absolute Gasteiger partial charge is 0.348 e. The minimum absolute atomic E-state index is 0.0985. The zero-order valence-corrected chi connectivity index (χ0v) is 20.0. The van der Waals surface area contributed by atoms with Crippen molar-refractivity contribution in [3.05, 3.63) is 94.5 Å². The van der Waals surface area contributed by atoms with E-state index in [1.54, 1.807) is 36.4 Å². The summed E-state index contributed by atoms with van der Waals surface area (Å²) in [6.07, 6.45) is 0.672. The fraction of sp³-hybridized carbons (Fsp3) is 0.240. The molecule has 0 saturated heterocycles. The third-order valence-electron chi connectivity index (χ3n) is 5.24. The first-order valence-corrected chi connectivity index (χ1v) is 12.2. The molecule has 0 bridgehead atoms. The molecule has 0 fully saturated rings. The third kappa shape index (κ3) is 5.50. The number of carbonyl (C=O) groups is 1. The van der Waals surface area contributed by atoms with Crippen LogP contribution in [0.1, 0.15) is 36.1 Å². The van der Waals surface area contributed by atoms with Gasteiger partial charge in [-0.25, -0.2) is 8.42 Å². The number of carbonyl (C=O) groups excluding carboxylic acids is 1. The molecule has 3 aromatic rings. The summed E-state index contributed by atoms with van der Waals surface area (Å²) in [5.74, 6) is -0.409. The number of benzene rings is 3. The Labute approximate surface area is 195 Å². The molecule has 7 heteroatoms. The number of para-hydroxylation sites is 1. The van der Waals surface area contributed by atoms with Gasteiger partial charge in [0.25, 0.3) is 10.0 Å². The predicted octanol–water partition coefficient (Wildman–Crippen LogP) is 5.42. The standard InChI is InChI=1S/C25H27ClN2O3S/c1-4-23(20-13-9-18(2)10-14-20)27-25(29)17-28(24-8-6-5-7-22(24)26)32(30,31)21-15-11-19(3)12-16-21/h5-16,23H,4,17H2,1-3H3,(H,27,29). The Hall–Kier alpha value is -2.83. The number of sulfonamides is 1. The van der Waals surface area contributed by atoms with E-state index >= 15 is 0 Å². The summed E-state index contributed by atoms with van der Waals surface area (Å²) in [6.45, 7) is 5.47. The van der Waals surface area contributed by atoms with Crippen molar-refractivity contribution in [3.63, 3.8) is 0 Å². The van der Waals surface area contributed by atoms with Crippen LogP contribution in [0.2, 0.25) is 5.02 Å². The monoisotopic (exact) mass is 470 g/mol. The second kappa shape index (κ2) is 10.2. The number of nitrogens with zero attached hydrogens (tertiary/aromatic N) is 1. The smallest absolute Gasteiger partial charge is 0.264 e. The molecule has 0 aromatic heterocycles. The van der Waals surface area contributed by atoms with Crippen molar-refractivity contribution in [1.29, 1.82) is 0 Å². The van der Waals surface area contributed by atoms with Crippen LogP contribution in [0, 0.1) is 13.8 Å². The van der Waals surface area contributed by atoms with Crippen LogP contribution in [-0.4, -0.2) is 20.9 Å². The highest BCUT2D eigenvalue weighted by molar-refractivity contribution is 7.92. The van der Waals surface area contributed by atoms with E-state index in [4.69, 9.17) is 11.6 Å². The van der Waals surface area contributed by atoms with Gasteiger partial charge in [0.2, 0.25) is 5.91 Å². The van der Waals surface area contributed by atoms with Crippen LogP contribution in [0.15, 0.2) is 77.7 Å². The second-order valence-electron chi connectivity index (χ2n) is 7.72. The summed E-state index contributed by atoms with van der Waals surface area (Å²) in [5, 5.41) is 3.22. The number of aryl methyl sites for hydroxylation is 2. The van der Waals surface area contributed by atoms with Crippen LogP contribution in [0.25, 0.3) is 0 Å². The fourth-order valence-corrected chi connectivity index (χ4v) is 5.11. The van der Waals surface area contributed by atoms with Crippen molar-refractivity contribution in [2.75, 3.05) is 10.8 Å². The van der Waals surface area contributed by atoms with Gasteiger partial charge in [-0.2, -0.15) is 0 Å². The van der Waals surface area contributed by atoms with Gasteiger partial charge in [0.1, 0.15) is 6.54 Å². The van der Waals surface area contributed by atoms with Crippen LogP contribution < -0.4 is 9.62 Å². The van der Waals surface area contributed by atoms with Crippen LogP contribution in [0.5, 0.6) is 0 Å². The van der Waals surface area contributed by atoms with Crippen molar-refractivity contribution < 1.29 is 13.2 Å². The molecule has 168 valence electrons. The minimum atomic E-state index is -4.01. The Morgan fingerprint density at radius 3 is 2.06 bits per heavy atom. The summed E-state index contributed by atoms with van der Waals surface area (Å²) in [6, 6.07) is 20.8. The Bertz CT molecular complexity index is 1180.